The summed E-state index contributed by atoms with van der Waals surface area (Å²) >= 11 is 0. The predicted molar refractivity (Wildman–Crippen MR) is 60.1 cm³/mol. The summed E-state index contributed by atoms with van der Waals surface area (Å²) in [4.78, 5) is 8.43. The van der Waals surface area contributed by atoms with E-state index in [0.717, 1.165) is 12.1 Å². The van der Waals surface area contributed by atoms with Gasteiger partial charge in [-0.05, 0) is 13.3 Å². The van der Waals surface area contributed by atoms with Crippen molar-refractivity contribution in [3.63, 3.8) is 0 Å². The van der Waals surface area contributed by atoms with E-state index in [9.17, 15) is 0 Å². The van der Waals surface area contributed by atoms with Gasteiger partial charge in [0.15, 0.2) is 0 Å². The summed E-state index contributed by atoms with van der Waals surface area (Å²) < 4.78 is 5.43. The number of aryl methyl sites for hydroxylation is 1. The zero-order valence-corrected chi connectivity index (χ0v) is 9.29. The monoisotopic (exact) mass is 210 g/mol. The first kappa shape index (κ1) is 11.7. The average Bonchev–Trinajstić information content (AvgIpc) is 2.23. The van der Waals surface area contributed by atoms with Crippen molar-refractivity contribution in [1.82, 2.24) is 9.97 Å². The summed E-state index contributed by atoms with van der Waals surface area (Å²) in [5.41, 5.74) is 6.27. The van der Waals surface area contributed by atoms with Gasteiger partial charge in [0.25, 0.3) is 0 Å². The quantitative estimate of drug-likeness (QED) is 0.731. The van der Waals surface area contributed by atoms with Gasteiger partial charge in [-0.25, -0.2) is 4.98 Å². The number of nitrogens with two attached hydrogens (primary N) is 1. The van der Waals surface area contributed by atoms with Crippen LogP contribution in [-0.4, -0.2) is 29.7 Å². The van der Waals surface area contributed by atoms with Crippen LogP contribution in [0.2, 0.25) is 0 Å². The molecule has 0 saturated heterocycles. The van der Waals surface area contributed by atoms with Gasteiger partial charge >= 0.3 is 0 Å². The second-order valence-electron chi connectivity index (χ2n) is 3.24. The van der Waals surface area contributed by atoms with Crippen molar-refractivity contribution in [3.05, 3.63) is 11.8 Å². The highest BCUT2D eigenvalue weighted by Gasteiger charge is 2.01. The smallest absolute Gasteiger partial charge is 0.226 e. The summed E-state index contributed by atoms with van der Waals surface area (Å²) in [5.74, 6) is 1.19. The fraction of sp³-hybridized carbons (Fsp3) is 0.600. The van der Waals surface area contributed by atoms with Gasteiger partial charge in [-0.3, -0.25) is 0 Å². The van der Waals surface area contributed by atoms with Gasteiger partial charge in [0.1, 0.15) is 0 Å². The molecule has 5 nitrogen and oxygen atoms in total. The molecule has 1 aromatic heterocycles. The van der Waals surface area contributed by atoms with Crippen LogP contribution in [0.15, 0.2) is 6.07 Å². The number of nitrogens with one attached hydrogen (secondary N) is 1. The number of rotatable bonds is 6. The van der Waals surface area contributed by atoms with E-state index >= 15 is 0 Å². The molecule has 0 bridgehead atoms. The molecule has 15 heavy (non-hydrogen) atoms. The fourth-order valence-corrected chi connectivity index (χ4v) is 1.08. The maximum Gasteiger partial charge on any atom is 0.226 e. The van der Waals surface area contributed by atoms with Crippen molar-refractivity contribution in [2.75, 3.05) is 25.0 Å². The van der Waals surface area contributed by atoms with Crippen molar-refractivity contribution in [2.45, 2.75) is 20.3 Å². The molecule has 3 N–H and O–H groups in total. The summed E-state index contributed by atoms with van der Waals surface area (Å²) in [6.45, 7) is 5.86. The van der Waals surface area contributed by atoms with Crippen molar-refractivity contribution < 1.29 is 4.74 Å². The van der Waals surface area contributed by atoms with Crippen LogP contribution < -0.4 is 15.8 Å². The molecule has 0 fully saturated rings. The first-order valence-corrected chi connectivity index (χ1v) is 5.18. The van der Waals surface area contributed by atoms with Gasteiger partial charge in [-0.1, -0.05) is 6.92 Å². The van der Waals surface area contributed by atoms with Crippen molar-refractivity contribution >= 4 is 5.95 Å². The van der Waals surface area contributed by atoms with Crippen molar-refractivity contribution in [1.29, 1.82) is 0 Å². The molecule has 1 rings (SSSR count). The first-order valence-electron chi connectivity index (χ1n) is 5.18. The highest BCUT2D eigenvalue weighted by Crippen LogP contribution is 2.11. The largest absolute Gasteiger partial charge is 0.478 e. The van der Waals surface area contributed by atoms with E-state index in [1.165, 1.54) is 0 Å². The lowest BCUT2D eigenvalue weighted by molar-refractivity contribution is 0.305. The first-order chi connectivity index (χ1) is 7.26. The molecule has 0 aromatic carbocycles. The summed E-state index contributed by atoms with van der Waals surface area (Å²) in [5, 5.41) is 3.02. The molecule has 0 aliphatic carbocycles. The van der Waals surface area contributed by atoms with Crippen LogP contribution in [0.25, 0.3) is 0 Å². The zero-order chi connectivity index (χ0) is 11.1. The molecule has 0 amide bonds. The molecule has 84 valence electrons. The topological polar surface area (TPSA) is 73.1 Å². The minimum Gasteiger partial charge on any atom is -0.478 e. The Balaban J connectivity index is 2.66. The lowest BCUT2D eigenvalue weighted by Crippen LogP contribution is -2.15. The van der Waals surface area contributed by atoms with E-state index in [0.29, 0.717) is 31.5 Å². The van der Waals surface area contributed by atoms with Gasteiger partial charge in [0.2, 0.25) is 11.8 Å². The highest BCUT2D eigenvalue weighted by atomic mass is 16.5. The van der Waals surface area contributed by atoms with Crippen LogP contribution in [-0.2, 0) is 0 Å². The third kappa shape index (κ3) is 4.12. The molecule has 0 saturated carbocycles. The van der Waals surface area contributed by atoms with Gasteiger partial charge < -0.3 is 15.8 Å². The van der Waals surface area contributed by atoms with Crippen LogP contribution in [0.1, 0.15) is 19.0 Å². The lowest BCUT2D eigenvalue weighted by atomic mass is 10.4. The number of hydrogen-bond donors (Lipinski definition) is 2. The Morgan fingerprint density at radius 3 is 2.93 bits per heavy atom. The van der Waals surface area contributed by atoms with Crippen LogP contribution >= 0.6 is 0 Å². The maximum absolute atomic E-state index is 5.43. The third-order valence-electron chi connectivity index (χ3n) is 1.71. The molecular formula is C10H18N4O. The van der Waals surface area contributed by atoms with Crippen LogP contribution in [0.3, 0.4) is 0 Å². The second kappa shape index (κ2) is 6.19. The zero-order valence-electron chi connectivity index (χ0n) is 9.29. The van der Waals surface area contributed by atoms with Gasteiger partial charge in [0.05, 0.1) is 6.61 Å². The Morgan fingerprint density at radius 2 is 2.27 bits per heavy atom. The molecule has 0 spiro atoms. The molecule has 0 aliphatic heterocycles. The number of anilines is 1. The highest BCUT2D eigenvalue weighted by molar-refractivity contribution is 5.30. The minimum absolute atomic E-state index is 0.558. The maximum atomic E-state index is 5.43. The fourth-order valence-electron chi connectivity index (χ4n) is 1.08. The van der Waals surface area contributed by atoms with E-state index in [1.807, 2.05) is 13.0 Å². The Hall–Kier alpha value is -1.36. The molecule has 1 aromatic rings. The average molecular weight is 210 g/mol. The SMILES string of the molecule is CCCOc1cc(C)nc(NCCN)n1. The summed E-state index contributed by atoms with van der Waals surface area (Å²) in [6.07, 6.45) is 0.967. The standard InChI is InChI=1S/C10H18N4O/c1-3-6-15-9-7-8(2)13-10(14-9)12-5-4-11/h7H,3-6,11H2,1-2H3,(H,12,13,14). The molecular weight excluding hydrogens is 192 g/mol. The summed E-state index contributed by atoms with van der Waals surface area (Å²) in [6, 6.07) is 1.82. The molecule has 0 atom stereocenters. The third-order valence-corrected chi connectivity index (χ3v) is 1.71. The van der Waals surface area contributed by atoms with Crippen molar-refractivity contribution in [3.8, 4) is 5.88 Å². The van der Waals surface area contributed by atoms with Gasteiger partial charge in [0, 0.05) is 24.8 Å². The Bertz CT molecular complexity index is 277. The Kier molecular flexibility index (Phi) is 4.83. The van der Waals surface area contributed by atoms with E-state index in [4.69, 9.17) is 10.5 Å². The normalized spacial score (nSPS) is 10.1. The van der Waals surface area contributed by atoms with Crippen LogP contribution in [0.5, 0.6) is 5.88 Å². The number of hydrogen-bond acceptors (Lipinski definition) is 5. The number of nitrogens with zero attached hydrogens (tertiary/aromatic N) is 2. The Morgan fingerprint density at radius 1 is 1.47 bits per heavy atom. The molecule has 1 heterocycles. The number of aromatic nitrogens is 2. The summed E-state index contributed by atoms with van der Waals surface area (Å²) in [7, 11) is 0. The van der Waals surface area contributed by atoms with E-state index in [-0.39, 0.29) is 0 Å². The molecule has 0 unspecified atom stereocenters. The van der Waals surface area contributed by atoms with E-state index in [2.05, 4.69) is 22.2 Å². The van der Waals surface area contributed by atoms with Crippen LogP contribution in [0.4, 0.5) is 5.95 Å². The predicted octanol–water partition coefficient (Wildman–Crippen LogP) is 0.944. The number of ether oxygens (including phenoxy) is 1. The van der Waals surface area contributed by atoms with Gasteiger partial charge in [-0.2, -0.15) is 4.98 Å². The lowest BCUT2D eigenvalue weighted by Gasteiger charge is -2.07. The Labute approximate surface area is 90.1 Å². The molecule has 0 aliphatic rings. The molecule has 0 radical (unpaired) electrons. The minimum atomic E-state index is 0.558. The van der Waals surface area contributed by atoms with Crippen LogP contribution in [0, 0.1) is 6.92 Å². The van der Waals surface area contributed by atoms with Crippen molar-refractivity contribution in [2.24, 2.45) is 5.73 Å². The van der Waals surface area contributed by atoms with E-state index in [1.54, 1.807) is 0 Å². The molecule has 5 heteroatoms. The van der Waals surface area contributed by atoms with Gasteiger partial charge in [-0.15, -0.1) is 0 Å². The second-order valence-corrected chi connectivity index (χ2v) is 3.24. The van der Waals surface area contributed by atoms with E-state index < -0.39 is 0 Å².